The molecule has 17 nitrogen and oxygen atoms in total. The number of aliphatic hydroxyl groups is 1. The average Bonchev–Trinajstić information content (AvgIpc) is 2.99. The van der Waals surface area contributed by atoms with Crippen LogP contribution in [0.4, 0.5) is 0 Å². The van der Waals surface area contributed by atoms with Crippen molar-refractivity contribution in [3.8, 4) is 0 Å². The van der Waals surface area contributed by atoms with Crippen molar-refractivity contribution in [1.82, 2.24) is 0 Å². The van der Waals surface area contributed by atoms with Gasteiger partial charge in [-0.1, -0.05) is 299 Å². The largest absolute Gasteiger partial charge is 0.472 e. The molecular weight excluding hydrogens is 1190 g/mol. The molecule has 534 valence electrons. The quantitative estimate of drug-likeness (QED) is 0.0222. The summed E-state index contributed by atoms with van der Waals surface area (Å²) in [7, 11) is -9.90. The molecule has 5 atom stereocenters. The van der Waals surface area contributed by atoms with Crippen LogP contribution in [0.15, 0.2) is 0 Å². The first-order chi connectivity index (χ1) is 43.1. The Labute approximate surface area is 549 Å². The Hall–Kier alpha value is -1.94. The third kappa shape index (κ3) is 64.8. The molecule has 0 aliphatic rings. The van der Waals surface area contributed by atoms with E-state index in [9.17, 15) is 43.2 Å². The van der Waals surface area contributed by atoms with E-state index in [0.717, 1.165) is 108 Å². The van der Waals surface area contributed by atoms with E-state index in [2.05, 4.69) is 55.4 Å². The average molecular weight is 1330 g/mol. The molecule has 0 heterocycles. The van der Waals surface area contributed by atoms with Gasteiger partial charge >= 0.3 is 39.5 Å². The monoisotopic (exact) mass is 1320 g/mol. The summed E-state index contributed by atoms with van der Waals surface area (Å²) in [5.74, 6) is 0.827. The van der Waals surface area contributed by atoms with E-state index in [1.807, 2.05) is 0 Å². The Balaban J connectivity index is 5.21. The van der Waals surface area contributed by atoms with Gasteiger partial charge in [0.15, 0.2) is 12.2 Å². The fourth-order valence-corrected chi connectivity index (χ4v) is 12.2. The number of phosphoric ester groups is 2. The van der Waals surface area contributed by atoms with Crippen molar-refractivity contribution >= 4 is 39.5 Å². The number of phosphoric acid groups is 2. The van der Waals surface area contributed by atoms with Crippen LogP contribution in [0.2, 0.25) is 0 Å². The van der Waals surface area contributed by atoms with Crippen LogP contribution in [0.3, 0.4) is 0 Å². The number of aliphatic hydroxyl groups excluding tert-OH is 1. The minimum Gasteiger partial charge on any atom is -0.462 e. The van der Waals surface area contributed by atoms with Gasteiger partial charge in [-0.25, -0.2) is 9.13 Å². The third-order valence-corrected chi connectivity index (χ3v) is 18.2. The predicted octanol–water partition coefficient (Wildman–Crippen LogP) is 20.1. The second-order valence-electron chi connectivity index (χ2n) is 27.5. The van der Waals surface area contributed by atoms with E-state index in [1.54, 1.807) is 0 Å². The van der Waals surface area contributed by atoms with Crippen LogP contribution in [0.1, 0.15) is 351 Å². The van der Waals surface area contributed by atoms with Gasteiger partial charge in [0.2, 0.25) is 0 Å². The Morgan fingerprint density at radius 2 is 0.467 bits per heavy atom. The molecule has 0 aromatic carbocycles. The number of ether oxygens (including phenoxy) is 4. The maximum Gasteiger partial charge on any atom is 0.472 e. The van der Waals surface area contributed by atoms with Gasteiger partial charge in [-0.05, 0) is 49.4 Å². The fraction of sp³-hybridized carbons (Fsp3) is 0.944. The first kappa shape index (κ1) is 88.1. The molecule has 0 radical (unpaired) electrons. The first-order valence-electron chi connectivity index (χ1n) is 36.7. The standard InChI is InChI=1S/C71H138O17P2/c1-61(2)47-39-31-23-16-13-11-9-10-12-14-18-27-35-43-51-68(73)81-58-67(88-71(76)54-46-38-30-22-26-34-42-50-64(7)8)60-86-90(79,80)84-56-65(72)55-83-89(77,78)85-59-66(57-82-69(74)52-44-36-28-21-20-25-33-41-49-63(5)6)87-70(75)53-45-37-29-19-15-17-24-32-40-48-62(3)4/h61-67,72H,9-60H2,1-8H3,(H,77,78)(H,79,80)/t65?,66-,67-/m1/s1. The zero-order chi connectivity index (χ0) is 66.8. The first-order valence-corrected chi connectivity index (χ1v) is 39.7. The molecule has 0 amide bonds. The highest BCUT2D eigenvalue weighted by Crippen LogP contribution is 2.45. The lowest BCUT2D eigenvalue weighted by atomic mass is 10.0. The number of hydrogen-bond donors (Lipinski definition) is 3. The lowest BCUT2D eigenvalue weighted by Gasteiger charge is -2.21. The van der Waals surface area contributed by atoms with Crippen molar-refractivity contribution in [3.63, 3.8) is 0 Å². The minimum absolute atomic E-state index is 0.103. The maximum atomic E-state index is 13.0. The second-order valence-corrected chi connectivity index (χ2v) is 30.4. The van der Waals surface area contributed by atoms with Crippen LogP contribution < -0.4 is 0 Å². The van der Waals surface area contributed by atoms with Crippen molar-refractivity contribution in [1.29, 1.82) is 0 Å². The molecule has 0 aromatic rings. The van der Waals surface area contributed by atoms with E-state index in [4.69, 9.17) is 37.0 Å². The van der Waals surface area contributed by atoms with E-state index in [0.29, 0.717) is 31.6 Å². The lowest BCUT2D eigenvalue weighted by Crippen LogP contribution is -2.30. The molecule has 0 fully saturated rings. The molecule has 0 aliphatic heterocycles. The molecule has 0 aliphatic carbocycles. The van der Waals surface area contributed by atoms with Gasteiger partial charge < -0.3 is 33.8 Å². The van der Waals surface area contributed by atoms with Crippen LogP contribution >= 0.6 is 15.6 Å². The second kappa shape index (κ2) is 60.7. The lowest BCUT2D eigenvalue weighted by molar-refractivity contribution is -0.161. The van der Waals surface area contributed by atoms with Crippen LogP contribution in [-0.4, -0.2) is 96.7 Å². The van der Waals surface area contributed by atoms with Gasteiger partial charge in [0.1, 0.15) is 19.3 Å². The summed E-state index contributed by atoms with van der Waals surface area (Å²) in [6.07, 6.45) is 43.2. The molecule has 0 saturated heterocycles. The Morgan fingerprint density at radius 3 is 0.689 bits per heavy atom. The highest BCUT2D eigenvalue weighted by molar-refractivity contribution is 7.47. The number of unbranched alkanes of at least 4 members (excludes halogenated alkanes) is 34. The summed E-state index contributed by atoms with van der Waals surface area (Å²) in [6.45, 7) is 14.1. The van der Waals surface area contributed by atoms with E-state index >= 15 is 0 Å². The summed E-state index contributed by atoms with van der Waals surface area (Å²) in [5, 5.41) is 10.6. The van der Waals surface area contributed by atoms with Crippen molar-refractivity contribution in [2.75, 3.05) is 39.6 Å². The van der Waals surface area contributed by atoms with Crippen LogP contribution in [0, 0.1) is 23.7 Å². The van der Waals surface area contributed by atoms with Gasteiger partial charge in [0.25, 0.3) is 0 Å². The van der Waals surface area contributed by atoms with E-state index < -0.39 is 97.5 Å². The maximum absolute atomic E-state index is 13.0. The third-order valence-electron chi connectivity index (χ3n) is 16.3. The Morgan fingerprint density at radius 1 is 0.278 bits per heavy atom. The predicted molar refractivity (Wildman–Crippen MR) is 363 cm³/mol. The van der Waals surface area contributed by atoms with Crippen molar-refractivity contribution in [2.24, 2.45) is 23.7 Å². The Bertz CT molecular complexity index is 1780. The number of carbonyl (C=O) groups is 4. The molecule has 3 unspecified atom stereocenters. The van der Waals surface area contributed by atoms with Gasteiger partial charge in [-0.15, -0.1) is 0 Å². The van der Waals surface area contributed by atoms with Crippen LogP contribution in [0.25, 0.3) is 0 Å². The summed E-state index contributed by atoms with van der Waals surface area (Å²) in [4.78, 5) is 72.5. The SMILES string of the molecule is CC(C)CCCCCCCCCCCCCCCCC(=O)OC[C@H](COP(=O)(O)OCC(O)COP(=O)(O)OC[C@@H](COC(=O)CCCCCCCCCCC(C)C)OC(=O)CCCCCCCCCCCC(C)C)OC(=O)CCCCCCCCCC(C)C. The Kier molecular flexibility index (Phi) is 59.4. The number of esters is 4. The zero-order valence-corrected chi connectivity index (χ0v) is 60.6. The number of rotatable bonds is 68. The van der Waals surface area contributed by atoms with Crippen LogP contribution in [-0.2, 0) is 65.4 Å². The summed E-state index contributed by atoms with van der Waals surface area (Å²) >= 11 is 0. The zero-order valence-electron chi connectivity index (χ0n) is 58.8. The highest BCUT2D eigenvalue weighted by Gasteiger charge is 2.30. The van der Waals surface area contributed by atoms with Crippen molar-refractivity contribution in [2.45, 2.75) is 369 Å². The molecule has 19 heteroatoms. The van der Waals surface area contributed by atoms with Crippen molar-refractivity contribution in [3.05, 3.63) is 0 Å². The summed E-state index contributed by atoms with van der Waals surface area (Å²) < 4.78 is 68.3. The fourth-order valence-electron chi connectivity index (χ4n) is 10.7. The minimum atomic E-state index is -4.95. The number of carbonyl (C=O) groups excluding carboxylic acids is 4. The highest BCUT2D eigenvalue weighted by atomic mass is 31.2. The molecule has 0 rings (SSSR count). The molecule has 3 N–H and O–H groups in total. The van der Waals surface area contributed by atoms with Gasteiger partial charge in [0, 0.05) is 25.7 Å². The molecule has 0 saturated carbocycles. The normalized spacial score (nSPS) is 14.3. The van der Waals surface area contributed by atoms with Gasteiger partial charge in [-0.3, -0.25) is 37.3 Å². The topological polar surface area (TPSA) is 237 Å². The smallest absolute Gasteiger partial charge is 0.462 e. The molecule has 90 heavy (non-hydrogen) atoms. The van der Waals surface area contributed by atoms with Gasteiger partial charge in [0.05, 0.1) is 26.4 Å². The number of hydrogen-bond acceptors (Lipinski definition) is 15. The molecule has 0 spiro atoms. The molecule has 0 bridgehead atoms. The molecular formula is C71H138O17P2. The van der Waals surface area contributed by atoms with Crippen LogP contribution in [0.5, 0.6) is 0 Å². The van der Waals surface area contributed by atoms with E-state index in [-0.39, 0.29) is 25.7 Å². The summed E-state index contributed by atoms with van der Waals surface area (Å²) in [5.41, 5.74) is 0. The summed E-state index contributed by atoms with van der Waals surface area (Å²) in [6, 6.07) is 0. The van der Waals surface area contributed by atoms with Crippen molar-refractivity contribution < 1.29 is 80.2 Å². The van der Waals surface area contributed by atoms with Gasteiger partial charge in [-0.2, -0.15) is 0 Å². The van der Waals surface area contributed by atoms with E-state index in [1.165, 1.54) is 154 Å². The molecule has 0 aromatic heterocycles.